The first kappa shape index (κ1) is 13.7. The first-order chi connectivity index (χ1) is 8.19. The van der Waals surface area contributed by atoms with Gasteiger partial charge in [0, 0.05) is 13.0 Å². The van der Waals surface area contributed by atoms with Gasteiger partial charge in [0.1, 0.15) is 5.69 Å². The van der Waals surface area contributed by atoms with E-state index in [0.717, 1.165) is 43.6 Å². The Hall–Kier alpha value is -1.38. The number of unbranched alkanes of at least 4 members (excludes halogenated alkanes) is 3. The maximum atomic E-state index is 12.0. The van der Waals surface area contributed by atoms with Gasteiger partial charge >= 0.3 is 0 Å². The summed E-state index contributed by atoms with van der Waals surface area (Å²) >= 11 is 0. The normalized spacial score (nSPS) is 10.5. The summed E-state index contributed by atoms with van der Waals surface area (Å²) in [5.41, 5.74) is 1.68. The van der Waals surface area contributed by atoms with Crippen LogP contribution in [0.4, 0.5) is 0 Å². The number of hydrogen-bond acceptors (Lipinski definition) is 2. The third kappa shape index (κ3) is 4.17. The van der Waals surface area contributed by atoms with Gasteiger partial charge in [0.25, 0.3) is 0 Å². The molecule has 1 aromatic rings. The fourth-order valence-corrected chi connectivity index (χ4v) is 1.89. The second-order valence-corrected chi connectivity index (χ2v) is 4.30. The summed E-state index contributed by atoms with van der Waals surface area (Å²) in [6.45, 7) is 8.37. The van der Waals surface area contributed by atoms with Crippen LogP contribution in [-0.2, 0) is 6.54 Å². The molecule has 0 aliphatic carbocycles. The second-order valence-electron chi connectivity index (χ2n) is 4.30. The second kappa shape index (κ2) is 7.05. The Kier molecular flexibility index (Phi) is 5.67. The zero-order valence-corrected chi connectivity index (χ0v) is 10.9. The third-order valence-electron chi connectivity index (χ3n) is 2.80. The van der Waals surface area contributed by atoms with E-state index in [1.54, 1.807) is 4.68 Å². The average molecular weight is 234 g/mol. The molecular formula is C14H22N2O. The predicted molar refractivity (Wildman–Crippen MR) is 70.3 cm³/mol. The van der Waals surface area contributed by atoms with Gasteiger partial charge in [0.15, 0.2) is 5.78 Å². The number of carbonyl (C=O) groups excluding carboxylic acids is 1. The molecule has 1 rings (SSSR count). The van der Waals surface area contributed by atoms with Crippen LogP contribution < -0.4 is 0 Å². The van der Waals surface area contributed by atoms with Gasteiger partial charge in [-0.05, 0) is 39.2 Å². The van der Waals surface area contributed by atoms with Crippen molar-refractivity contribution >= 4 is 5.78 Å². The van der Waals surface area contributed by atoms with E-state index in [9.17, 15) is 4.79 Å². The van der Waals surface area contributed by atoms with Crippen molar-refractivity contribution in [3.63, 3.8) is 0 Å². The highest BCUT2D eigenvalue weighted by Crippen LogP contribution is 2.11. The zero-order valence-electron chi connectivity index (χ0n) is 10.9. The summed E-state index contributed by atoms with van der Waals surface area (Å²) < 4.78 is 1.79. The minimum absolute atomic E-state index is 0.214. The number of aryl methyl sites for hydroxylation is 2. The van der Waals surface area contributed by atoms with Crippen LogP contribution >= 0.6 is 0 Å². The van der Waals surface area contributed by atoms with Crippen molar-refractivity contribution in [3.05, 3.63) is 30.1 Å². The fourth-order valence-electron chi connectivity index (χ4n) is 1.89. The number of allylic oxidation sites excluding steroid dienone is 1. The Morgan fingerprint density at radius 2 is 2.24 bits per heavy atom. The number of Topliss-reactive ketones (excluding diaryl/α,β-unsaturated/α-hetero) is 1. The number of nitrogens with zero attached hydrogens (tertiary/aromatic N) is 2. The molecule has 0 amide bonds. The van der Waals surface area contributed by atoms with Crippen molar-refractivity contribution in [1.82, 2.24) is 9.78 Å². The summed E-state index contributed by atoms with van der Waals surface area (Å²) in [5, 5.41) is 4.29. The van der Waals surface area contributed by atoms with Gasteiger partial charge in [-0.15, -0.1) is 6.58 Å². The summed E-state index contributed by atoms with van der Waals surface area (Å²) in [7, 11) is 0. The summed E-state index contributed by atoms with van der Waals surface area (Å²) in [5.74, 6) is 0.214. The molecule has 0 saturated heterocycles. The monoisotopic (exact) mass is 234 g/mol. The minimum atomic E-state index is 0.214. The van der Waals surface area contributed by atoms with E-state index in [1.165, 1.54) is 0 Å². The maximum Gasteiger partial charge on any atom is 0.180 e. The number of hydrogen-bond donors (Lipinski definition) is 0. The zero-order chi connectivity index (χ0) is 12.7. The van der Waals surface area contributed by atoms with Crippen LogP contribution in [0.25, 0.3) is 0 Å². The lowest BCUT2D eigenvalue weighted by atomic mass is 10.1. The van der Waals surface area contributed by atoms with Gasteiger partial charge in [-0.2, -0.15) is 5.10 Å². The number of rotatable bonds is 8. The minimum Gasteiger partial charge on any atom is -0.292 e. The van der Waals surface area contributed by atoms with Crippen molar-refractivity contribution in [2.45, 2.75) is 52.5 Å². The van der Waals surface area contributed by atoms with Crippen molar-refractivity contribution < 1.29 is 4.79 Å². The van der Waals surface area contributed by atoms with Crippen LogP contribution in [0.5, 0.6) is 0 Å². The quantitative estimate of drug-likeness (QED) is 0.392. The van der Waals surface area contributed by atoms with Crippen LogP contribution in [0, 0.1) is 6.92 Å². The molecule has 3 nitrogen and oxygen atoms in total. The van der Waals surface area contributed by atoms with Gasteiger partial charge in [-0.1, -0.05) is 12.5 Å². The predicted octanol–water partition coefficient (Wildman–Crippen LogP) is 3.53. The molecule has 0 N–H and O–H groups in total. The Bertz CT molecular complexity index is 380. The molecule has 0 atom stereocenters. The topological polar surface area (TPSA) is 34.9 Å². The molecule has 0 aromatic carbocycles. The van der Waals surface area contributed by atoms with E-state index in [-0.39, 0.29) is 5.78 Å². The van der Waals surface area contributed by atoms with Gasteiger partial charge < -0.3 is 0 Å². The van der Waals surface area contributed by atoms with Gasteiger partial charge in [-0.3, -0.25) is 9.48 Å². The fraction of sp³-hybridized carbons (Fsp3) is 0.571. The lowest BCUT2D eigenvalue weighted by Gasteiger charge is -2.03. The lowest BCUT2D eigenvalue weighted by Crippen LogP contribution is -2.09. The lowest BCUT2D eigenvalue weighted by molar-refractivity contribution is 0.0969. The molecule has 3 heteroatoms. The van der Waals surface area contributed by atoms with Gasteiger partial charge in [-0.25, -0.2) is 0 Å². The van der Waals surface area contributed by atoms with Crippen molar-refractivity contribution in [2.24, 2.45) is 0 Å². The summed E-state index contributed by atoms with van der Waals surface area (Å²) in [6, 6.07) is 1.88. The molecule has 94 valence electrons. The first-order valence-electron chi connectivity index (χ1n) is 6.37. The highest BCUT2D eigenvalue weighted by Gasteiger charge is 2.12. The molecule has 0 saturated carbocycles. The van der Waals surface area contributed by atoms with Gasteiger partial charge in [0.2, 0.25) is 0 Å². The van der Waals surface area contributed by atoms with Crippen LogP contribution in [0.1, 0.15) is 55.2 Å². The van der Waals surface area contributed by atoms with Gasteiger partial charge in [0.05, 0.1) is 5.69 Å². The smallest absolute Gasteiger partial charge is 0.180 e. The third-order valence-corrected chi connectivity index (χ3v) is 2.80. The van der Waals surface area contributed by atoms with E-state index in [4.69, 9.17) is 0 Å². The molecule has 0 spiro atoms. The van der Waals surface area contributed by atoms with E-state index in [2.05, 4.69) is 11.7 Å². The molecule has 1 aromatic heterocycles. The standard InChI is InChI=1S/C14H22N2O/c1-4-6-7-8-9-10-14(17)13-11-12(3)15-16(13)5-2/h4,11H,1,5-10H2,2-3H3. The van der Waals surface area contributed by atoms with Crippen molar-refractivity contribution in [3.8, 4) is 0 Å². The van der Waals surface area contributed by atoms with Crippen LogP contribution in [0.2, 0.25) is 0 Å². The number of carbonyl (C=O) groups is 1. The highest BCUT2D eigenvalue weighted by atomic mass is 16.1. The maximum absolute atomic E-state index is 12.0. The highest BCUT2D eigenvalue weighted by molar-refractivity contribution is 5.94. The van der Waals surface area contributed by atoms with Crippen LogP contribution in [-0.4, -0.2) is 15.6 Å². The number of ketones is 1. The molecule has 0 bridgehead atoms. The Labute approximate surface area is 104 Å². The van der Waals surface area contributed by atoms with Crippen molar-refractivity contribution in [2.75, 3.05) is 0 Å². The molecule has 0 aliphatic rings. The van der Waals surface area contributed by atoms with E-state index in [1.807, 2.05) is 26.0 Å². The van der Waals surface area contributed by atoms with Crippen LogP contribution in [0.3, 0.4) is 0 Å². The molecule has 0 fully saturated rings. The van der Waals surface area contributed by atoms with E-state index in [0.29, 0.717) is 6.42 Å². The summed E-state index contributed by atoms with van der Waals surface area (Å²) in [4.78, 5) is 12.0. The van der Waals surface area contributed by atoms with E-state index >= 15 is 0 Å². The largest absolute Gasteiger partial charge is 0.292 e. The molecule has 1 heterocycles. The Morgan fingerprint density at radius 3 is 2.88 bits per heavy atom. The Balaban J connectivity index is 2.43. The molecule has 0 unspecified atom stereocenters. The average Bonchev–Trinajstić information content (AvgIpc) is 2.70. The first-order valence-corrected chi connectivity index (χ1v) is 6.37. The van der Waals surface area contributed by atoms with E-state index < -0.39 is 0 Å². The number of aromatic nitrogens is 2. The molecule has 0 radical (unpaired) electrons. The molecular weight excluding hydrogens is 212 g/mol. The molecule has 0 aliphatic heterocycles. The van der Waals surface area contributed by atoms with Crippen molar-refractivity contribution in [1.29, 1.82) is 0 Å². The SMILES string of the molecule is C=CCCCCCC(=O)c1cc(C)nn1CC. The Morgan fingerprint density at radius 1 is 1.47 bits per heavy atom. The summed E-state index contributed by atoms with van der Waals surface area (Å²) in [6.07, 6.45) is 6.78. The van der Waals surface area contributed by atoms with Crippen LogP contribution in [0.15, 0.2) is 18.7 Å². The molecule has 17 heavy (non-hydrogen) atoms.